The summed E-state index contributed by atoms with van der Waals surface area (Å²) in [6.07, 6.45) is 4.22. The van der Waals surface area contributed by atoms with Gasteiger partial charge in [0, 0.05) is 51.1 Å². The molecule has 2 aromatic rings. The number of benzene rings is 1. The van der Waals surface area contributed by atoms with Gasteiger partial charge in [-0.3, -0.25) is 10.1 Å². The summed E-state index contributed by atoms with van der Waals surface area (Å²) in [5, 5.41) is 6.53. The molecule has 1 aromatic carbocycles. The van der Waals surface area contributed by atoms with Gasteiger partial charge in [-0.1, -0.05) is 23.5 Å². The number of ketones is 1. The lowest BCUT2D eigenvalue weighted by Crippen LogP contribution is -2.56. The number of piperidine rings is 2. The van der Waals surface area contributed by atoms with E-state index in [4.69, 9.17) is 0 Å². The number of likely N-dealkylation sites (tertiary alicyclic amines) is 2. The number of aromatic nitrogens is 1. The van der Waals surface area contributed by atoms with E-state index in [0.717, 1.165) is 52.0 Å². The standard InChI is InChI=1S/C28H40FN5O2S/c1-18(2)34-13-11-25(31-27(36)32-28-30-19(3)26(37-28)20(4)35)23(17-34)16-33-12-5-6-22(15-33)14-21-7-9-24(29)10-8-21/h7-10,18,22-23,25H,5-6,11-17H2,1-4H3,(H2,30,31,32,36)/t22?,23-,25-/m1/s1. The van der Waals surface area contributed by atoms with Gasteiger partial charge in [-0.2, -0.15) is 0 Å². The number of hydrogen-bond donors (Lipinski definition) is 2. The number of rotatable bonds is 8. The van der Waals surface area contributed by atoms with Crippen LogP contribution >= 0.6 is 11.3 Å². The SMILES string of the molecule is CC(=O)c1sc(NC(=O)N[C@@H]2CCN(C(C)C)C[C@H]2CN2CCCC(Cc3ccc(F)cc3)C2)nc1C. The molecule has 0 bridgehead atoms. The van der Waals surface area contributed by atoms with E-state index in [1.807, 2.05) is 12.1 Å². The normalized spacial score (nSPS) is 23.2. The third-order valence-electron chi connectivity index (χ3n) is 7.68. The van der Waals surface area contributed by atoms with Crippen LogP contribution in [-0.2, 0) is 6.42 Å². The summed E-state index contributed by atoms with van der Waals surface area (Å²) in [7, 11) is 0. The molecule has 202 valence electrons. The van der Waals surface area contributed by atoms with Crippen molar-refractivity contribution in [1.29, 1.82) is 0 Å². The molecule has 2 fully saturated rings. The molecule has 2 saturated heterocycles. The molecule has 2 aliphatic rings. The average molecular weight is 530 g/mol. The minimum atomic E-state index is -0.260. The number of nitrogens with one attached hydrogen (secondary N) is 2. The van der Waals surface area contributed by atoms with Crippen molar-refractivity contribution in [3.8, 4) is 0 Å². The van der Waals surface area contributed by atoms with E-state index in [0.29, 0.717) is 33.6 Å². The molecule has 0 saturated carbocycles. The van der Waals surface area contributed by atoms with Gasteiger partial charge < -0.3 is 15.1 Å². The summed E-state index contributed by atoms with van der Waals surface area (Å²) in [5.41, 5.74) is 1.84. The monoisotopic (exact) mass is 529 g/mol. The zero-order valence-electron chi connectivity index (χ0n) is 22.4. The first-order valence-electron chi connectivity index (χ1n) is 13.4. The molecule has 0 spiro atoms. The highest BCUT2D eigenvalue weighted by atomic mass is 32.1. The lowest BCUT2D eigenvalue weighted by atomic mass is 9.87. The zero-order valence-corrected chi connectivity index (χ0v) is 23.2. The van der Waals surface area contributed by atoms with Crippen LogP contribution in [0.15, 0.2) is 24.3 Å². The number of carbonyl (C=O) groups excluding carboxylic acids is 2. The predicted octanol–water partition coefficient (Wildman–Crippen LogP) is 4.97. The van der Waals surface area contributed by atoms with Crippen molar-refractivity contribution >= 4 is 28.3 Å². The van der Waals surface area contributed by atoms with E-state index >= 15 is 0 Å². The first-order chi connectivity index (χ1) is 17.7. The summed E-state index contributed by atoms with van der Waals surface area (Å²) in [6.45, 7) is 12.7. The number of urea groups is 1. The third-order valence-corrected chi connectivity index (χ3v) is 8.86. The lowest BCUT2D eigenvalue weighted by molar-refractivity contribution is 0.0712. The summed E-state index contributed by atoms with van der Waals surface area (Å²) >= 11 is 1.22. The van der Waals surface area contributed by atoms with Gasteiger partial charge >= 0.3 is 6.03 Å². The Morgan fingerprint density at radius 2 is 1.92 bits per heavy atom. The molecule has 0 radical (unpaired) electrons. The van der Waals surface area contributed by atoms with Crippen LogP contribution in [-0.4, -0.2) is 71.4 Å². The van der Waals surface area contributed by atoms with Gasteiger partial charge in [-0.15, -0.1) is 0 Å². The Bertz CT molecular complexity index is 1070. The van der Waals surface area contributed by atoms with Crippen LogP contribution in [0.5, 0.6) is 0 Å². The summed E-state index contributed by atoms with van der Waals surface area (Å²) in [6, 6.07) is 7.18. The van der Waals surface area contributed by atoms with Crippen LogP contribution in [0.25, 0.3) is 0 Å². The van der Waals surface area contributed by atoms with Crippen molar-refractivity contribution in [2.75, 3.05) is 38.0 Å². The molecule has 4 rings (SSSR count). The Labute approximate surface area is 223 Å². The summed E-state index contributed by atoms with van der Waals surface area (Å²) in [4.78, 5) is 34.7. The highest BCUT2D eigenvalue weighted by Crippen LogP contribution is 2.26. The molecular weight excluding hydrogens is 489 g/mol. The van der Waals surface area contributed by atoms with Crippen molar-refractivity contribution in [3.63, 3.8) is 0 Å². The van der Waals surface area contributed by atoms with E-state index in [2.05, 4.69) is 39.3 Å². The van der Waals surface area contributed by atoms with Crippen LogP contribution in [0.4, 0.5) is 14.3 Å². The maximum atomic E-state index is 13.3. The molecule has 3 heterocycles. The van der Waals surface area contributed by atoms with E-state index in [9.17, 15) is 14.0 Å². The number of hydrogen-bond acceptors (Lipinski definition) is 6. The minimum absolute atomic E-state index is 0.0381. The van der Waals surface area contributed by atoms with Crippen molar-refractivity contribution < 1.29 is 14.0 Å². The molecule has 3 atom stereocenters. The van der Waals surface area contributed by atoms with Gasteiger partial charge in [-0.05, 0) is 76.6 Å². The molecule has 7 nitrogen and oxygen atoms in total. The fourth-order valence-electron chi connectivity index (χ4n) is 5.75. The predicted molar refractivity (Wildman–Crippen MR) is 147 cm³/mol. The van der Waals surface area contributed by atoms with Crippen molar-refractivity contribution in [2.24, 2.45) is 11.8 Å². The number of halogens is 1. The maximum Gasteiger partial charge on any atom is 0.321 e. The maximum absolute atomic E-state index is 13.3. The lowest BCUT2D eigenvalue weighted by Gasteiger charge is -2.44. The smallest absolute Gasteiger partial charge is 0.321 e. The van der Waals surface area contributed by atoms with Crippen molar-refractivity contribution in [1.82, 2.24) is 20.1 Å². The average Bonchev–Trinajstić information content (AvgIpc) is 3.21. The number of anilines is 1. The van der Waals surface area contributed by atoms with Crippen molar-refractivity contribution in [2.45, 2.75) is 65.5 Å². The number of carbonyl (C=O) groups is 2. The van der Waals surface area contributed by atoms with Gasteiger partial charge in [0.1, 0.15) is 5.82 Å². The Kier molecular flexibility index (Phi) is 9.31. The second-order valence-electron chi connectivity index (χ2n) is 10.9. The second kappa shape index (κ2) is 12.5. The van der Waals surface area contributed by atoms with Crippen LogP contribution in [0.2, 0.25) is 0 Å². The largest absolute Gasteiger partial charge is 0.335 e. The van der Waals surface area contributed by atoms with Gasteiger partial charge in [-0.25, -0.2) is 14.2 Å². The number of thiazole rings is 1. The van der Waals surface area contributed by atoms with Gasteiger partial charge in [0.2, 0.25) is 0 Å². The third kappa shape index (κ3) is 7.58. The highest BCUT2D eigenvalue weighted by molar-refractivity contribution is 7.17. The molecule has 2 amide bonds. The molecule has 1 aromatic heterocycles. The van der Waals surface area contributed by atoms with Gasteiger partial charge in [0.25, 0.3) is 0 Å². The number of amides is 2. The number of aryl methyl sites for hydroxylation is 1. The number of Topliss-reactive ketones (excluding diaryl/α,β-unsaturated/α-hetero) is 1. The molecule has 2 N–H and O–H groups in total. The molecule has 2 aliphatic heterocycles. The molecule has 0 aliphatic carbocycles. The van der Waals surface area contributed by atoms with Crippen molar-refractivity contribution in [3.05, 3.63) is 46.2 Å². The fraction of sp³-hybridized carbons (Fsp3) is 0.607. The second-order valence-corrected chi connectivity index (χ2v) is 11.9. The highest BCUT2D eigenvalue weighted by Gasteiger charge is 2.34. The van der Waals surface area contributed by atoms with Gasteiger partial charge in [0.15, 0.2) is 10.9 Å². The van der Waals surface area contributed by atoms with Crippen LogP contribution in [0.1, 0.15) is 61.0 Å². The summed E-state index contributed by atoms with van der Waals surface area (Å²) in [5.74, 6) is 0.649. The first-order valence-corrected chi connectivity index (χ1v) is 14.3. The minimum Gasteiger partial charge on any atom is -0.335 e. The Morgan fingerprint density at radius 3 is 2.59 bits per heavy atom. The Morgan fingerprint density at radius 1 is 1.16 bits per heavy atom. The fourth-order valence-corrected chi connectivity index (χ4v) is 6.61. The first kappa shape index (κ1) is 27.7. The molecule has 37 heavy (non-hydrogen) atoms. The zero-order chi connectivity index (χ0) is 26.5. The van der Waals surface area contributed by atoms with E-state index in [1.54, 1.807) is 19.1 Å². The van der Waals surface area contributed by atoms with Gasteiger partial charge in [0.05, 0.1) is 10.6 Å². The van der Waals surface area contributed by atoms with Crippen LogP contribution in [0.3, 0.4) is 0 Å². The van der Waals surface area contributed by atoms with Crippen LogP contribution in [0, 0.1) is 24.6 Å². The molecule has 9 heteroatoms. The van der Waals surface area contributed by atoms with E-state index in [1.165, 1.54) is 30.2 Å². The summed E-state index contributed by atoms with van der Waals surface area (Å²) < 4.78 is 13.3. The quantitative estimate of drug-likeness (QED) is 0.472. The Hall–Kier alpha value is -2.36. The molecule has 1 unspecified atom stereocenters. The Balaban J connectivity index is 1.37. The number of nitrogens with zero attached hydrogens (tertiary/aromatic N) is 3. The topological polar surface area (TPSA) is 77.6 Å². The molecular formula is C28H40FN5O2S. The van der Waals surface area contributed by atoms with E-state index in [-0.39, 0.29) is 23.7 Å². The van der Waals surface area contributed by atoms with E-state index < -0.39 is 0 Å². The van der Waals surface area contributed by atoms with Crippen LogP contribution < -0.4 is 10.6 Å².